The smallest absolute Gasteiger partial charge is 0.305 e. The number of carbonyl (C=O) groups excluding carboxylic acids is 1. The molecule has 0 aliphatic heterocycles. The van der Waals surface area contributed by atoms with Crippen molar-refractivity contribution in [3.05, 3.63) is 0 Å². The molecule has 0 fully saturated rings. The quantitative estimate of drug-likeness (QED) is 0.592. The first-order valence-electron chi connectivity index (χ1n) is 5.98. The Balaban J connectivity index is 4.16. The molecule has 2 N–H and O–H groups in total. The number of hydrogen-bond donors (Lipinski definition) is 2. The number of hydrogen-bond acceptors (Lipinski definition) is 5. The zero-order valence-electron chi connectivity index (χ0n) is 11.2. The number of nitrogens with one attached hydrogen (secondary N) is 1. The second-order valence-corrected chi connectivity index (χ2v) is 6.50. The van der Waals surface area contributed by atoms with Crippen LogP contribution in [0.15, 0.2) is 0 Å². The highest BCUT2D eigenvalue weighted by atomic mass is 32.2. The Labute approximate surface area is 109 Å². The third-order valence-corrected chi connectivity index (χ3v) is 3.86. The lowest BCUT2D eigenvalue weighted by molar-refractivity contribution is -0.140. The Hall–Kier alpha value is -0.660. The minimum atomic E-state index is -3.46. The molecule has 0 aliphatic carbocycles. The van der Waals surface area contributed by atoms with Crippen molar-refractivity contribution >= 4 is 16.0 Å². The molecule has 1 atom stereocenters. The minimum absolute atomic E-state index is 0.0748. The van der Waals surface area contributed by atoms with Gasteiger partial charge in [-0.05, 0) is 18.8 Å². The Morgan fingerprint density at radius 2 is 2.00 bits per heavy atom. The van der Waals surface area contributed by atoms with E-state index in [1.807, 2.05) is 13.8 Å². The van der Waals surface area contributed by atoms with E-state index in [4.69, 9.17) is 5.11 Å². The van der Waals surface area contributed by atoms with Crippen LogP contribution < -0.4 is 4.72 Å². The monoisotopic (exact) mass is 281 g/mol. The van der Waals surface area contributed by atoms with E-state index in [1.54, 1.807) is 0 Å². The SMILES string of the molecule is COC(=O)CCCS(=O)(=O)NC(CO)CC(C)C. The number of methoxy groups -OCH3 is 1. The van der Waals surface area contributed by atoms with Crippen LogP contribution in [0.4, 0.5) is 0 Å². The molecule has 0 aliphatic rings. The van der Waals surface area contributed by atoms with Crippen LogP contribution in [-0.4, -0.2) is 45.0 Å². The number of ether oxygens (including phenoxy) is 1. The van der Waals surface area contributed by atoms with Crippen LogP contribution in [0.3, 0.4) is 0 Å². The predicted octanol–water partition coefficient (Wildman–Crippen LogP) is 0.266. The molecule has 0 heterocycles. The van der Waals surface area contributed by atoms with Gasteiger partial charge in [-0.3, -0.25) is 4.79 Å². The van der Waals surface area contributed by atoms with Gasteiger partial charge in [0, 0.05) is 12.5 Å². The first kappa shape index (κ1) is 17.3. The molecule has 6 nitrogen and oxygen atoms in total. The molecular weight excluding hydrogens is 258 g/mol. The van der Waals surface area contributed by atoms with Crippen LogP contribution in [0.1, 0.15) is 33.1 Å². The van der Waals surface area contributed by atoms with Gasteiger partial charge in [0.1, 0.15) is 0 Å². The van der Waals surface area contributed by atoms with Crippen molar-refractivity contribution in [2.75, 3.05) is 19.5 Å². The van der Waals surface area contributed by atoms with Gasteiger partial charge in [-0.2, -0.15) is 0 Å². The van der Waals surface area contributed by atoms with Gasteiger partial charge in [0.2, 0.25) is 10.0 Å². The summed E-state index contributed by atoms with van der Waals surface area (Å²) in [5.41, 5.74) is 0. The Kier molecular flexibility index (Phi) is 8.13. The summed E-state index contributed by atoms with van der Waals surface area (Å²) < 4.78 is 30.2. The summed E-state index contributed by atoms with van der Waals surface area (Å²) in [4.78, 5) is 10.8. The number of rotatable bonds is 9. The largest absolute Gasteiger partial charge is 0.469 e. The predicted molar refractivity (Wildman–Crippen MR) is 68.5 cm³/mol. The average molecular weight is 281 g/mol. The van der Waals surface area contributed by atoms with E-state index in [2.05, 4.69) is 9.46 Å². The Bertz CT molecular complexity index is 339. The van der Waals surface area contributed by atoms with E-state index in [1.165, 1.54) is 7.11 Å². The van der Waals surface area contributed by atoms with Crippen molar-refractivity contribution in [1.82, 2.24) is 4.72 Å². The van der Waals surface area contributed by atoms with E-state index >= 15 is 0 Å². The van der Waals surface area contributed by atoms with Crippen LogP contribution >= 0.6 is 0 Å². The summed E-state index contributed by atoms with van der Waals surface area (Å²) in [5.74, 6) is -0.275. The molecule has 7 heteroatoms. The van der Waals surface area contributed by atoms with E-state index in [0.717, 1.165) is 0 Å². The van der Waals surface area contributed by atoms with Gasteiger partial charge < -0.3 is 9.84 Å². The molecule has 0 aromatic rings. The van der Waals surface area contributed by atoms with Crippen LogP contribution in [0.5, 0.6) is 0 Å². The standard InChI is InChI=1S/C11H23NO5S/c1-9(2)7-10(8-13)12-18(15,16)6-4-5-11(14)17-3/h9-10,12-13H,4-8H2,1-3H3. The highest BCUT2D eigenvalue weighted by molar-refractivity contribution is 7.89. The van der Waals surface area contributed by atoms with Crippen LogP contribution in [0.2, 0.25) is 0 Å². The summed E-state index contributed by atoms with van der Waals surface area (Å²) in [6, 6.07) is -0.465. The fraction of sp³-hybridized carbons (Fsp3) is 0.909. The number of carbonyl (C=O) groups is 1. The molecule has 0 rings (SSSR count). The summed E-state index contributed by atoms with van der Waals surface area (Å²) >= 11 is 0. The Morgan fingerprint density at radius 1 is 1.39 bits per heavy atom. The van der Waals surface area contributed by atoms with Gasteiger partial charge in [-0.15, -0.1) is 0 Å². The maximum Gasteiger partial charge on any atom is 0.305 e. The molecule has 108 valence electrons. The van der Waals surface area contributed by atoms with E-state index in [0.29, 0.717) is 12.3 Å². The lowest BCUT2D eigenvalue weighted by atomic mass is 10.1. The molecule has 0 radical (unpaired) electrons. The van der Waals surface area contributed by atoms with Crippen molar-refractivity contribution in [1.29, 1.82) is 0 Å². The number of esters is 1. The first-order valence-corrected chi connectivity index (χ1v) is 7.63. The van der Waals surface area contributed by atoms with Crippen molar-refractivity contribution in [2.45, 2.75) is 39.2 Å². The molecule has 0 aromatic carbocycles. The van der Waals surface area contributed by atoms with E-state index in [-0.39, 0.29) is 25.2 Å². The maximum atomic E-state index is 11.7. The number of sulfonamides is 1. The Morgan fingerprint density at radius 3 is 2.44 bits per heavy atom. The summed E-state index contributed by atoms with van der Waals surface area (Å²) in [6.45, 7) is 3.68. The fourth-order valence-electron chi connectivity index (χ4n) is 1.55. The van der Waals surface area contributed by atoms with Crippen molar-refractivity contribution in [3.63, 3.8) is 0 Å². The number of aliphatic hydroxyl groups is 1. The zero-order chi connectivity index (χ0) is 14.2. The molecule has 18 heavy (non-hydrogen) atoms. The van der Waals surface area contributed by atoms with Crippen LogP contribution in [-0.2, 0) is 19.6 Å². The topological polar surface area (TPSA) is 92.7 Å². The van der Waals surface area contributed by atoms with Gasteiger partial charge in [-0.1, -0.05) is 13.8 Å². The van der Waals surface area contributed by atoms with Crippen molar-refractivity contribution in [2.24, 2.45) is 5.92 Å². The van der Waals surface area contributed by atoms with Gasteiger partial charge >= 0.3 is 5.97 Å². The average Bonchev–Trinajstić information content (AvgIpc) is 2.26. The molecule has 0 bridgehead atoms. The maximum absolute atomic E-state index is 11.7. The molecular formula is C11H23NO5S. The normalized spacial score (nSPS) is 13.6. The second kappa shape index (κ2) is 8.44. The molecule has 0 aromatic heterocycles. The molecule has 0 saturated heterocycles. The van der Waals surface area contributed by atoms with Crippen molar-refractivity contribution < 1.29 is 23.1 Å². The third kappa shape index (κ3) is 8.43. The zero-order valence-corrected chi connectivity index (χ0v) is 12.0. The molecule has 0 spiro atoms. The summed E-state index contributed by atoms with van der Waals surface area (Å²) in [7, 11) is -2.20. The van der Waals surface area contributed by atoms with Gasteiger partial charge in [-0.25, -0.2) is 13.1 Å². The number of aliphatic hydroxyl groups excluding tert-OH is 1. The van der Waals surface area contributed by atoms with Crippen molar-refractivity contribution in [3.8, 4) is 0 Å². The third-order valence-electron chi connectivity index (χ3n) is 2.34. The van der Waals surface area contributed by atoms with Gasteiger partial charge in [0.05, 0.1) is 19.5 Å². The lowest BCUT2D eigenvalue weighted by Gasteiger charge is -2.18. The van der Waals surface area contributed by atoms with E-state index < -0.39 is 22.0 Å². The fourth-order valence-corrected chi connectivity index (χ4v) is 2.87. The van der Waals surface area contributed by atoms with Crippen LogP contribution in [0.25, 0.3) is 0 Å². The highest BCUT2D eigenvalue weighted by Crippen LogP contribution is 2.06. The lowest BCUT2D eigenvalue weighted by Crippen LogP contribution is -2.39. The second-order valence-electron chi connectivity index (χ2n) is 4.63. The van der Waals surface area contributed by atoms with Gasteiger partial charge in [0.25, 0.3) is 0 Å². The van der Waals surface area contributed by atoms with E-state index in [9.17, 15) is 13.2 Å². The molecule has 0 amide bonds. The summed E-state index contributed by atoms with van der Waals surface area (Å²) in [5, 5.41) is 9.09. The van der Waals surface area contributed by atoms with Gasteiger partial charge in [0.15, 0.2) is 0 Å². The molecule has 1 unspecified atom stereocenters. The summed E-state index contributed by atoms with van der Waals surface area (Å²) in [6.07, 6.45) is 0.861. The first-order chi connectivity index (χ1) is 8.30. The molecule has 0 saturated carbocycles. The van der Waals surface area contributed by atoms with Crippen LogP contribution in [0, 0.1) is 5.92 Å². The highest BCUT2D eigenvalue weighted by Gasteiger charge is 2.18. The minimum Gasteiger partial charge on any atom is -0.469 e.